The van der Waals surface area contributed by atoms with Gasteiger partial charge in [-0.15, -0.1) is 0 Å². The van der Waals surface area contributed by atoms with E-state index in [-0.39, 0.29) is 11.6 Å². The van der Waals surface area contributed by atoms with E-state index in [1.165, 1.54) is 6.07 Å². The third-order valence-electron chi connectivity index (χ3n) is 3.41. The van der Waals surface area contributed by atoms with Gasteiger partial charge in [0.05, 0.1) is 16.8 Å². The van der Waals surface area contributed by atoms with Crippen LogP contribution in [-0.4, -0.2) is 26.2 Å². The van der Waals surface area contributed by atoms with Gasteiger partial charge < -0.3 is 10.2 Å². The molecular formula is C13H14F3N3. The molecule has 1 aromatic rings. The van der Waals surface area contributed by atoms with Gasteiger partial charge in [-0.2, -0.15) is 18.4 Å². The first-order valence-electron chi connectivity index (χ1n) is 5.98. The minimum absolute atomic E-state index is 0.0595. The summed E-state index contributed by atoms with van der Waals surface area (Å²) in [6.45, 7) is 1.67. The highest BCUT2D eigenvalue weighted by atomic mass is 19.4. The van der Waals surface area contributed by atoms with Crippen molar-refractivity contribution >= 4 is 5.69 Å². The fourth-order valence-corrected chi connectivity index (χ4v) is 2.28. The summed E-state index contributed by atoms with van der Waals surface area (Å²) in [5.74, 6) is 0. The van der Waals surface area contributed by atoms with Crippen molar-refractivity contribution in [2.75, 3.05) is 25.0 Å². The molecule has 0 aliphatic carbocycles. The SMILES string of the molecule is CN(c1ccc(C(F)(F)F)cc1C#N)C1CCNC1. The fourth-order valence-electron chi connectivity index (χ4n) is 2.28. The molecule has 6 heteroatoms. The lowest BCUT2D eigenvalue weighted by atomic mass is 10.1. The van der Waals surface area contributed by atoms with E-state index in [9.17, 15) is 13.2 Å². The molecule has 0 saturated carbocycles. The van der Waals surface area contributed by atoms with E-state index >= 15 is 0 Å². The Hall–Kier alpha value is -1.74. The fraction of sp³-hybridized carbons (Fsp3) is 0.462. The number of alkyl halides is 3. The molecular weight excluding hydrogens is 255 g/mol. The van der Waals surface area contributed by atoms with Gasteiger partial charge in [0.25, 0.3) is 0 Å². The molecule has 0 bridgehead atoms. The van der Waals surface area contributed by atoms with Crippen molar-refractivity contribution in [1.82, 2.24) is 5.32 Å². The molecule has 0 aromatic heterocycles. The number of nitriles is 1. The summed E-state index contributed by atoms with van der Waals surface area (Å²) in [5.41, 5.74) is -0.181. The lowest BCUT2D eigenvalue weighted by Crippen LogP contribution is -2.33. The lowest BCUT2D eigenvalue weighted by molar-refractivity contribution is -0.137. The number of rotatable bonds is 2. The Labute approximate surface area is 109 Å². The van der Waals surface area contributed by atoms with Crippen LogP contribution in [0.4, 0.5) is 18.9 Å². The first-order valence-corrected chi connectivity index (χ1v) is 5.98. The van der Waals surface area contributed by atoms with E-state index in [1.807, 2.05) is 11.0 Å². The molecule has 3 nitrogen and oxygen atoms in total. The van der Waals surface area contributed by atoms with E-state index in [1.54, 1.807) is 7.05 Å². The molecule has 1 unspecified atom stereocenters. The first kappa shape index (κ1) is 13.7. The Morgan fingerprint density at radius 1 is 1.42 bits per heavy atom. The van der Waals surface area contributed by atoms with Crippen LogP contribution in [-0.2, 0) is 6.18 Å². The Bertz CT molecular complexity index is 499. The minimum atomic E-state index is -4.42. The molecule has 1 fully saturated rings. The highest BCUT2D eigenvalue weighted by Crippen LogP contribution is 2.33. The number of hydrogen-bond donors (Lipinski definition) is 1. The van der Waals surface area contributed by atoms with Crippen LogP contribution < -0.4 is 10.2 Å². The summed E-state index contributed by atoms with van der Waals surface area (Å²) in [4.78, 5) is 1.87. The molecule has 0 amide bonds. The molecule has 0 spiro atoms. The summed E-state index contributed by atoms with van der Waals surface area (Å²) < 4.78 is 37.8. The summed E-state index contributed by atoms with van der Waals surface area (Å²) in [5, 5.41) is 12.2. The van der Waals surface area contributed by atoms with Crippen LogP contribution in [0.1, 0.15) is 17.5 Å². The summed E-state index contributed by atoms with van der Waals surface area (Å²) >= 11 is 0. The van der Waals surface area contributed by atoms with Crippen molar-refractivity contribution < 1.29 is 13.2 Å². The van der Waals surface area contributed by atoms with Crippen molar-refractivity contribution in [2.45, 2.75) is 18.6 Å². The molecule has 1 aromatic carbocycles. The summed E-state index contributed by atoms with van der Waals surface area (Å²) in [6.07, 6.45) is -3.50. The van der Waals surface area contributed by atoms with Gasteiger partial charge in [0.2, 0.25) is 0 Å². The van der Waals surface area contributed by atoms with Crippen molar-refractivity contribution in [3.8, 4) is 6.07 Å². The van der Waals surface area contributed by atoms with Crippen molar-refractivity contribution in [3.63, 3.8) is 0 Å². The van der Waals surface area contributed by atoms with Gasteiger partial charge >= 0.3 is 6.18 Å². The van der Waals surface area contributed by atoms with Crippen LogP contribution in [0.5, 0.6) is 0 Å². The molecule has 2 rings (SSSR count). The normalized spacial score (nSPS) is 19.2. The van der Waals surface area contributed by atoms with E-state index in [0.717, 1.165) is 31.6 Å². The smallest absolute Gasteiger partial charge is 0.369 e. The van der Waals surface area contributed by atoms with E-state index < -0.39 is 11.7 Å². The average Bonchev–Trinajstić information content (AvgIpc) is 2.90. The molecule has 1 N–H and O–H groups in total. The number of anilines is 1. The van der Waals surface area contributed by atoms with Gasteiger partial charge in [0.1, 0.15) is 6.07 Å². The Morgan fingerprint density at radius 3 is 2.68 bits per heavy atom. The average molecular weight is 269 g/mol. The van der Waals surface area contributed by atoms with E-state index in [0.29, 0.717) is 5.69 Å². The van der Waals surface area contributed by atoms with Crippen LogP contribution >= 0.6 is 0 Å². The summed E-state index contributed by atoms with van der Waals surface area (Å²) in [6, 6.07) is 5.37. The summed E-state index contributed by atoms with van der Waals surface area (Å²) in [7, 11) is 1.81. The number of benzene rings is 1. The minimum Gasteiger partial charge on any atom is -0.369 e. The molecule has 0 radical (unpaired) electrons. The predicted molar refractivity (Wildman–Crippen MR) is 65.8 cm³/mol. The zero-order valence-electron chi connectivity index (χ0n) is 10.5. The van der Waals surface area contributed by atoms with Crippen molar-refractivity contribution in [2.24, 2.45) is 0 Å². The van der Waals surface area contributed by atoms with Gasteiger partial charge in [-0.3, -0.25) is 0 Å². The molecule has 19 heavy (non-hydrogen) atoms. The predicted octanol–water partition coefficient (Wildman–Crippen LogP) is 2.38. The molecule has 1 atom stereocenters. The first-order chi connectivity index (χ1) is 8.93. The highest BCUT2D eigenvalue weighted by molar-refractivity contribution is 5.61. The van der Waals surface area contributed by atoms with Crippen LogP contribution in [0.2, 0.25) is 0 Å². The standard InChI is InChI=1S/C13H14F3N3/c1-19(11-4-5-18-8-11)12-3-2-10(13(14,15)16)6-9(12)7-17/h2-3,6,11,18H,4-5,8H2,1H3. The van der Waals surface area contributed by atoms with Crippen molar-refractivity contribution in [3.05, 3.63) is 29.3 Å². The van der Waals surface area contributed by atoms with Gasteiger partial charge in [-0.05, 0) is 31.2 Å². The maximum Gasteiger partial charge on any atom is 0.416 e. The molecule has 1 saturated heterocycles. The largest absolute Gasteiger partial charge is 0.416 e. The Balaban J connectivity index is 2.33. The zero-order chi connectivity index (χ0) is 14.0. The highest BCUT2D eigenvalue weighted by Gasteiger charge is 2.31. The third kappa shape index (κ3) is 2.82. The Kier molecular flexibility index (Phi) is 3.67. The number of likely N-dealkylation sites (N-methyl/N-ethyl adjacent to an activating group) is 1. The lowest BCUT2D eigenvalue weighted by Gasteiger charge is -2.27. The zero-order valence-corrected chi connectivity index (χ0v) is 10.5. The molecule has 1 aliphatic heterocycles. The van der Waals surface area contributed by atoms with E-state index in [2.05, 4.69) is 5.32 Å². The monoisotopic (exact) mass is 269 g/mol. The maximum atomic E-state index is 12.6. The van der Waals surface area contributed by atoms with Crippen LogP contribution in [0.3, 0.4) is 0 Å². The van der Waals surface area contributed by atoms with Gasteiger partial charge in [0.15, 0.2) is 0 Å². The second-order valence-corrected chi connectivity index (χ2v) is 4.60. The van der Waals surface area contributed by atoms with E-state index in [4.69, 9.17) is 5.26 Å². The molecule has 1 aliphatic rings. The second kappa shape index (κ2) is 5.10. The number of nitrogens with one attached hydrogen (secondary N) is 1. The second-order valence-electron chi connectivity index (χ2n) is 4.60. The number of halogens is 3. The number of hydrogen-bond acceptors (Lipinski definition) is 3. The maximum absolute atomic E-state index is 12.6. The van der Waals surface area contributed by atoms with Crippen molar-refractivity contribution in [1.29, 1.82) is 5.26 Å². The van der Waals surface area contributed by atoms with Crippen LogP contribution in [0, 0.1) is 11.3 Å². The van der Waals surface area contributed by atoms with Gasteiger partial charge in [-0.25, -0.2) is 0 Å². The van der Waals surface area contributed by atoms with Gasteiger partial charge in [-0.1, -0.05) is 0 Å². The van der Waals surface area contributed by atoms with Gasteiger partial charge in [0, 0.05) is 19.6 Å². The quantitative estimate of drug-likeness (QED) is 0.896. The topological polar surface area (TPSA) is 39.1 Å². The van der Waals surface area contributed by atoms with Crippen LogP contribution in [0.25, 0.3) is 0 Å². The van der Waals surface area contributed by atoms with Crippen LogP contribution in [0.15, 0.2) is 18.2 Å². The molecule has 1 heterocycles. The molecule has 102 valence electrons. The Morgan fingerprint density at radius 2 is 2.16 bits per heavy atom. The number of nitrogens with zero attached hydrogens (tertiary/aromatic N) is 2. The third-order valence-corrected chi connectivity index (χ3v) is 3.41.